The molecule has 0 bridgehead atoms. The Bertz CT molecular complexity index is 948. The lowest BCUT2D eigenvalue weighted by atomic mass is 10.2. The number of aryl methyl sites for hydroxylation is 1. The lowest BCUT2D eigenvalue weighted by Crippen LogP contribution is -2.44. The number of hydrogen-bond donors (Lipinski definition) is 2. The van der Waals surface area contributed by atoms with Gasteiger partial charge < -0.3 is 15.5 Å². The fraction of sp³-hybridized carbons (Fsp3) is 0.318. The van der Waals surface area contributed by atoms with Gasteiger partial charge in [0, 0.05) is 57.0 Å². The van der Waals surface area contributed by atoms with Crippen LogP contribution in [0.3, 0.4) is 0 Å². The van der Waals surface area contributed by atoms with Crippen molar-refractivity contribution in [1.29, 1.82) is 0 Å². The maximum atomic E-state index is 4.40. The van der Waals surface area contributed by atoms with Crippen LogP contribution in [0.15, 0.2) is 66.3 Å². The summed E-state index contributed by atoms with van der Waals surface area (Å²) in [4.78, 5) is 15.3. The van der Waals surface area contributed by atoms with Gasteiger partial charge >= 0.3 is 0 Å². The second-order valence-electron chi connectivity index (χ2n) is 7.33. The number of nitrogens with one attached hydrogen (secondary N) is 2. The zero-order valence-corrected chi connectivity index (χ0v) is 16.9. The van der Waals surface area contributed by atoms with Gasteiger partial charge in [-0.25, -0.2) is 9.97 Å². The zero-order valence-electron chi connectivity index (χ0n) is 16.9. The molecule has 2 aromatic heterocycles. The predicted molar refractivity (Wildman–Crippen MR) is 116 cm³/mol. The molecule has 1 atom stereocenters. The molecule has 1 aliphatic rings. The number of hydrogen-bond acceptors (Lipinski definition) is 4. The van der Waals surface area contributed by atoms with Gasteiger partial charge in [-0.1, -0.05) is 17.7 Å². The fourth-order valence-corrected chi connectivity index (χ4v) is 3.55. The van der Waals surface area contributed by atoms with Gasteiger partial charge in [0.25, 0.3) is 0 Å². The van der Waals surface area contributed by atoms with Crippen LogP contribution in [-0.2, 0) is 6.54 Å². The lowest BCUT2D eigenvalue weighted by Gasteiger charge is -2.20. The number of guanidine groups is 1. The van der Waals surface area contributed by atoms with Crippen molar-refractivity contribution < 1.29 is 0 Å². The van der Waals surface area contributed by atoms with Gasteiger partial charge in [0.05, 0.1) is 0 Å². The Morgan fingerprint density at radius 3 is 2.83 bits per heavy atom. The minimum Gasteiger partial charge on any atom is -0.369 e. The van der Waals surface area contributed by atoms with Crippen LogP contribution in [0.25, 0.3) is 5.82 Å². The topological polar surface area (TPSA) is 70.4 Å². The minimum atomic E-state index is 0.376. The van der Waals surface area contributed by atoms with Crippen LogP contribution in [0.4, 0.5) is 5.69 Å². The van der Waals surface area contributed by atoms with E-state index >= 15 is 0 Å². The highest BCUT2D eigenvalue weighted by Gasteiger charge is 2.23. The summed E-state index contributed by atoms with van der Waals surface area (Å²) in [7, 11) is 1.81. The third-order valence-corrected chi connectivity index (χ3v) is 5.19. The molecular formula is C22H27N7. The van der Waals surface area contributed by atoms with Gasteiger partial charge in [-0.3, -0.25) is 9.56 Å². The van der Waals surface area contributed by atoms with E-state index in [2.05, 4.69) is 67.7 Å². The smallest absolute Gasteiger partial charge is 0.191 e. The molecule has 7 nitrogen and oxygen atoms in total. The van der Waals surface area contributed by atoms with E-state index in [-0.39, 0.29) is 0 Å². The first-order valence-corrected chi connectivity index (χ1v) is 9.93. The molecule has 0 aliphatic carbocycles. The molecule has 1 unspecified atom stereocenters. The summed E-state index contributed by atoms with van der Waals surface area (Å²) in [6.07, 6.45) is 8.30. The number of benzene rings is 1. The largest absolute Gasteiger partial charge is 0.369 e. The van der Waals surface area contributed by atoms with Crippen LogP contribution in [0, 0.1) is 6.92 Å². The Morgan fingerprint density at radius 1 is 1.21 bits per heavy atom. The number of imidazole rings is 1. The Labute approximate surface area is 171 Å². The second-order valence-corrected chi connectivity index (χ2v) is 7.33. The van der Waals surface area contributed by atoms with E-state index in [0.717, 1.165) is 36.9 Å². The van der Waals surface area contributed by atoms with Gasteiger partial charge in [0.15, 0.2) is 5.96 Å². The molecule has 4 rings (SSSR count). The van der Waals surface area contributed by atoms with E-state index in [1.54, 1.807) is 12.5 Å². The molecule has 0 spiro atoms. The van der Waals surface area contributed by atoms with Crippen LogP contribution < -0.4 is 15.5 Å². The van der Waals surface area contributed by atoms with Crippen LogP contribution in [0.2, 0.25) is 0 Å². The average molecular weight is 390 g/mol. The predicted octanol–water partition coefficient (Wildman–Crippen LogP) is 2.52. The van der Waals surface area contributed by atoms with Gasteiger partial charge in [-0.15, -0.1) is 0 Å². The summed E-state index contributed by atoms with van der Waals surface area (Å²) in [5.41, 5.74) is 3.71. The Kier molecular flexibility index (Phi) is 5.74. The molecule has 1 saturated heterocycles. The summed E-state index contributed by atoms with van der Waals surface area (Å²) in [6, 6.07) is 13.2. The highest BCUT2D eigenvalue weighted by Crippen LogP contribution is 2.20. The first-order chi connectivity index (χ1) is 14.2. The van der Waals surface area contributed by atoms with Crippen LogP contribution in [0.5, 0.6) is 0 Å². The monoisotopic (exact) mass is 389 g/mol. The van der Waals surface area contributed by atoms with Crippen molar-refractivity contribution in [3.8, 4) is 5.82 Å². The van der Waals surface area contributed by atoms with Crippen molar-refractivity contribution in [3.05, 3.63) is 72.4 Å². The molecule has 29 heavy (non-hydrogen) atoms. The van der Waals surface area contributed by atoms with Gasteiger partial charge in [-0.05, 0) is 43.2 Å². The summed E-state index contributed by atoms with van der Waals surface area (Å²) in [5.74, 6) is 1.68. The van der Waals surface area contributed by atoms with Crippen molar-refractivity contribution >= 4 is 11.6 Å². The third-order valence-electron chi connectivity index (χ3n) is 5.19. The maximum Gasteiger partial charge on any atom is 0.191 e. The number of aliphatic imine (C=N–C) groups is 1. The number of aromatic nitrogens is 3. The van der Waals surface area contributed by atoms with E-state index in [0.29, 0.717) is 12.6 Å². The van der Waals surface area contributed by atoms with Crippen LogP contribution >= 0.6 is 0 Å². The van der Waals surface area contributed by atoms with Gasteiger partial charge in [0.2, 0.25) is 0 Å². The standard InChI is InChI=1S/C22H27N7/c1-17-3-5-20(6-4-17)28-11-8-19(15-28)27-22(23-2)26-14-18-7-9-25-21(13-18)29-12-10-24-16-29/h3-7,9-10,12-13,16,19H,8,11,14-15H2,1-2H3,(H2,23,26,27). The third kappa shape index (κ3) is 4.74. The van der Waals surface area contributed by atoms with Crippen molar-refractivity contribution in [2.75, 3.05) is 25.0 Å². The molecule has 3 aromatic rings. The first kappa shape index (κ1) is 19.0. The van der Waals surface area contributed by atoms with E-state index < -0.39 is 0 Å². The Balaban J connectivity index is 1.31. The average Bonchev–Trinajstić information content (AvgIpc) is 3.44. The molecule has 7 heteroatoms. The van der Waals surface area contributed by atoms with Crippen molar-refractivity contribution in [3.63, 3.8) is 0 Å². The van der Waals surface area contributed by atoms with E-state index in [4.69, 9.17) is 0 Å². The molecule has 150 valence electrons. The molecular weight excluding hydrogens is 362 g/mol. The summed E-state index contributed by atoms with van der Waals surface area (Å²) in [5, 5.41) is 6.97. The number of anilines is 1. The van der Waals surface area contributed by atoms with E-state index in [1.807, 2.05) is 30.1 Å². The normalized spacial score (nSPS) is 16.8. The molecule has 1 aromatic carbocycles. The highest BCUT2D eigenvalue weighted by molar-refractivity contribution is 5.80. The Morgan fingerprint density at radius 2 is 2.07 bits per heavy atom. The number of rotatable bonds is 5. The summed E-state index contributed by atoms with van der Waals surface area (Å²) in [6.45, 7) is 4.83. The van der Waals surface area contributed by atoms with E-state index in [1.165, 1.54) is 11.3 Å². The van der Waals surface area contributed by atoms with Crippen molar-refractivity contribution in [2.24, 2.45) is 4.99 Å². The quantitative estimate of drug-likeness (QED) is 0.518. The molecule has 1 aliphatic heterocycles. The number of pyridine rings is 1. The van der Waals surface area contributed by atoms with Gasteiger partial charge in [0.1, 0.15) is 12.1 Å². The van der Waals surface area contributed by atoms with Crippen molar-refractivity contribution in [2.45, 2.75) is 25.9 Å². The molecule has 0 amide bonds. The van der Waals surface area contributed by atoms with E-state index in [9.17, 15) is 0 Å². The summed E-state index contributed by atoms with van der Waals surface area (Å²) < 4.78 is 1.90. The molecule has 2 N–H and O–H groups in total. The van der Waals surface area contributed by atoms with Crippen molar-refractivity contribution in [1.82, 2.24) is 25.2 Å². The summed E-state index contributed by atoms with van der Waals surface area (Å²) >= 11 is 0. The molecule has 3 heterocycles. The molecule has 0 radical (unpaired) electrons. The molecule has 0 saturated carbocycles. The SMILES string of the molecule is CN=C(NCc1ccnc(-n2ccnc2)c1)NC1CCN(c2ccc(C)cc2)C1. The Hall–Kier alpha value is -3.35. The maximum absolute atomic E-state index is 4.40. The second kappa shape index (κ2) is 8.77. The van der Waals surface area contributed by atoms with Gasteiger partial charge in [-0.2, -0.15) is 0 Å². The number of nitrogens with zero attached hydrogens (tertiary/aromatic N) is 5. The van der Waals surface area contributed by atoms with Crippen LogP contribution in [-0.4, -0.2) is 46.7 Å². The lowest BCUT2D eigenvalue weighted by molar-refractivity contribution is 0.648. The zero-order chi connectivity index (χ0) is 20.1. The fourth-order valence-electron chi connectivity index (χ4n) is 3.55. The molecule has 1 fully saturated rings. The van der Waals surface area contributed by atoms with Crippen LogP contribution in [0.1, 0.15) is 17.5 Å². The highest BCUT2D eigenvalue weighted by atomic mass is 15.2. The first-order valence-electron chi connectivity index (χ1n) is 9.93. The minimum absolute atomic E-state index is 0.376.